The van der Waals surface area contributed by atoms with E-state index in [2.05, 4.69) is 0 Å². The van der Waals surface area contributed by atoms with Gasteiger partial charge in [-0.2, -0.15) is 4.31 Å². The summed E-state index contributed by atoms with van der Waals surface area (Å²) < 4.78 is 30.0. The highest BCUT2D eigenvalue weighted by atomic mass is 32.2. The second-order valence-corrected chi connectivity index (χ2v) is 8.97. The molecule has 28 heavy (non-hydrogen) atoms. The van der Waals surface area contributed by atoms with E-state index in [1.165, 1.54) is 27.2 Å². The SMILES string of the molecule is Cn1cc(C(=O)Cn2cc(S(=O)(=O)N3CCCC3)ccc2=O)c2ccccc21. The van der Waals surface area contributed by atoms with Crippen LogP contribution in [0.1, 0.15) is 23.2 Å². The number of Topliss-reactive ketones (excluding diaryl/α,β-unsaturated/α-hetero) is 1. The Bertz CT molecular complexity index is 1220. The molecule has 0 saturated carbocycles. The predicted octanol–water partition coefficient (Wildman–Crippen LogP) is 2.01. The number of para-hydroxylation sites is 1. The Labute approximate surface area is 162 Å². The molecule has 0 atom stereocenters. The lowest BCUT2D eigenvalue weighted by Crippen LogP contribution is -2.30. The van der Waals surface area contributed by atoms with Gasteiger partial charge in [0.05, 0.1) is 11.4 Å². The van der Waals surface area contributed by atoms with Gasteiger partial charge in [-0.1, -0.05) is 18.2 Å². The maximum Gasteiger partial charge on any atom is 0.251 e. The molecule has 1 aliphatic rings. The number of pyridine rings is 1. The van der Waals surface area contributed by atoms with Crippen molar-refractivity contribution in [3.05, 3.63) is 64.7 Å². The molecule has 8 heteroatoms. The monoisotopic (exact) mass is 399 g/mol. The number of carbonyl (C=O) groups is 1. The molecule has 0 N–H and O–H groups in total. The zero-order chi connectivity index (χ0) is 19.9. The first-order valence-corrected chi connectivity index (χ1v) is 10.6. The second kappa shape index (κ2) is 7.03. The van der Waals surface area contributed by atoms with E-state index < -0.39 is 15.6 Å². The highest BCUT2D eigenvalue weighted by Crippen LogP contribution is 2.22. The number of ketones is 1. The molecular formula is C20H21N3O4S. The van der Waals surface area contributed by atoms with Crippen molar-refractivity contribution in [2.45, 2.75) is 24.3 Å². The standard InChI is InChI=1S/C20H21N3O4S/c1-21-13-17(16-6-2-3-7-18(16)21)19(24)14-22-12-15(8-9-20(22)25)28(26,27)23-10-4-5-11-23/h2-3,6-9,12-13H,4-5,10-11,14H2,1H3. The molecule has 1 fully saturated rings. The molecule has 146 valence electrons. The van der Waals surface area contributed by atoms with Crippen LogP contribution in [0.4, 0.5) is 0 Å². The first kappa shape index (κ1) is 18.6. The molecular weight excluding hydrogens is 378 g/mol. The van der Waals surface area contributed by atoms with Crippen LogP contribution in [0.25, 0.3) is 10.9 Å². The van der Waals surface area contributed by atoms with Crippen LogP contribution >= 0.6 is 0 Å². The number of benzene rings is 1. The van der Waals surface area contributed by atoms with Crippen LogP contribution in [0.2, 0.25) is 0 Å². The smallest absolute Gasteiger partial charge is 0.251 e. The molecule has 0 bridgehead atoms. The summed E-state index contributed by atoms with van der Waals surface area (Å²) >= 11 is 0. The fourth-order valence-electron chi connectivity index (χ4n) is 3.67. The largest absolute Gasteiger partial charge is 0.350 e. The third-order valence-corrected chi connectivity index (χ3v) is 7.05. The van der Waals surface area contributed by atoms with E-state index in [-0.39, 0.29) is 17.2 Å². The minimum atomic E-state index is -3.65. The van der Waals surface area contributed by atoms with Gasteiger partial charge in [-0.05, 0) is 25.0 Å². The fraction of sp³-hybridized carbons (Fsp3) is 0.300. The molecule has 0 amide bonds. The van der Waals surface area contributed by atoms with Crippen molar-refractivity contribution in [2.75, 3.05) is 13.1 Å². The fourth-order valence-corrected chi connectivity index (χ4v) is 5.20. The van der Waals surface area contributed by atoms with Crippen LogP contribution in [0.15, 0.2) is 58.5 Å². The van der Waals surface area contributed by atoms with Gasteiger partial charge in [0.2, 0.25) is 10.0 Å². The molecule has 0 spiro atoms. The Balaban J connectivity index is 1.68. The molecule has 3 aromatic rings. The Hall–Kier alpha value is -2.71. The number of hydrogen-bond donors (Lipinski definition) is 0. The summed E-state index contributed by atoms with van der Waals surface area (Å²) in [4.78, 5) is 25.2. The maximum atomic E-state index is 12.9. The van der Waals surface area contributed by atoms with E-state index in [1.807, 2.05) is 35.9 Å². The van der Waals surface area contributed by atoms with Gasteiger partial charge in [0.25, 0.3) is 5.56 Å². The highest BCUT2D eigenvalue weighted by Gasteiger charge is 2.28. The Morgan fingerprint density at radius 2 is 1.75 bits per heavy atom. The number of aromatic nitrogens is 2. The third kappa shape index (κ3) is 3.18. The van der Waals surface area contributed by atoms with Crippen molar-refractivity contribution in [3.8, 4) is 0 Å². The van der Waals surface area contributed by atoms with E-state index in [9.17, 15) is 18.0 Å². The molecule has 4 rings (SSSR count). The first-order valence-electron chi connectivity index (χ1n) is 9.16. The predicted molar refractivity (Wildman–Crippen MR) is 106 cm³/mol. The average molecular weight is 399 g/mol. The summed E-state index contributed by atoms with van der Waals surface area (Å²) in [5.41, 5.74) is 1.02. The number of sulfonamides is 1. The number of aryl methyl sites for hydroxylation is 1. The van der Waals surface area contributed by atoms with Crippen molar-refractivity contribution in [1.82, 2.24) is 13.4 Å². The van der Waals surface area contributed by atoms with E-state index in [0.717, 1.165) is 23.7 Å². The lowest BCUT2D eigenvalue weighted by molar-refractivity contribution is 0.0972. The molecule has 0 aliphatic carbocycles. The van der Waals surface area contributed by atoms with Gasteiger partial charge in [-0.3, -0.25) is 9.59 Å². The topological polar surface area (TPSA) is 81.4 Å². The van der Waals surface area contributed by atoms with Crippen LogP contribution in [0, 0.1) is 0 Å². The van der Waals surface area contributed by atoms with E-state index >= 15 is 0 Å². The second-order valence-electron chi connectivity index (χ2n) is 7.04. The van der Waals surface area contributed by atoms with Gasteiger partial charge in [0.15, 0.2) is 5.78 Å². The number of fused-ring (bicyclic) bond motifs is 1. The van der Waals surface area contributed by atoms with Crippen LogP contribution in [0.3, 0.4) is 0 Å². The molecule has 3 heterocycles. The molecule has 1 aliphatic heterocycles. The van der Waals surface area contributed by atoms with Crippen molar-refractivity contribution < 1.29 is 13.2 Å². The van der Waals surface area contributed by atoms with Crippen LogP contribution < -0.4 is 5.56 Å². The summed E-state index contributed by atoms with van der Waals surface area (Å²) in [6, 6.07) is 10.1. The molecule has 7 nitrogen and oxygen atoms in total. The maximum absolute atomic E-state index is 12.9. The zero-order valence-electron chi connectivity index (χ0n) is 15.5. The summed E-state index contributed by atoms with van der Waals surface area (Å²) in [6.45, 7) is 0.753. The molecule has 2 aromatic heterocycles. The van der Waals surface area contributed by atoms with Crippen LogP contribution in [-0.4, -0.2) is 40.7 Å². The summed E-state index contributed by atoms with van der Waals surface area (Å²) in [6.07, 6.45) is 4.68. The minimum Gasteiger partial charge on any atom is -0.350 e. The van der Waals surface area contributed by atoms with Crippen molar-refractivity contribution >= 4 is 26.7 Å². The molecule has 0 unspecified atom stereocenters. The van der Waals surface area contributed by atoms with Gasteiger partial charge in [0, 0.05) is 55.1 Å². The Morgan fingerprint density at radius 1 is 1.04 bits per heavy atom. The Kier molecular flexibility index (Phi) is 4.68. The zero-order valence-corrected chi connectivity index (χ0v) is 16.4. The summed E-state index contributed by atoms with van der Waals surface area (Å²) in [5.74, 6) is -0.241. The summed E-state index contributed by atoms with van der Waals surface area (Å²) in [7, 11) is -1.80. The third-order valence-electron chi connectivity index (χ3n) is 5.17. The van der Waals surface area contributed by atoms with Crippen molar-refractivity contribution in [1.29, 1.82) is 0 Å². The Morgan fingerprint density at radius 3 is 2.50 bits per heavy atom. The number of hydrogen-bond acceptors (Lipinski definition) is 4. The quantitative estimate of drug-likeness (QED) is 0.615. The number of nitrogens with zero attached hydrogens (tertiary/aromatic N) is 3. The minimum absolute atomic E-state index is 0.0414. The molecule has 0 radical (unpaired) electrons. The normalized spacial score (nSPS) is 15.3. The van der Waals surface area contributed by atoms with E-state index in [1.54, 1.807) is 6.20 Å². The lowest BCUT2D eigenvalue weighted by atomic mass is 10.1. The van der Waals surface area contributed by atoms with Crippen molar-refractivity contribution in [2.24, 2.45) is 7.05 Å². The van der Waals surface area contributed by atoms with Crippen LogP contribution in [0.5, 0.6) is 0 Å². The van der Waals surface area contributed by atoms with Gasteiger partial charge >= 0.3 is 0 Å². The molecule has 1 saturated heterocycles. The van der Waals surface area contributed by atoms with Gasteiger partial charge in [-0.15, -0.1) is 0 Å². The van der Waals surface area contributed by atoms with Crippen molar-refractivity contribution in [3.63, 3.8) is 0 Å². The number of rotatable bonds is 5. The van der Waals surface area contributed by atoms with Gasteiger partial charge in [0.1, 0.15) is 0 Å². The highest BCUT2D eigenvalue weighted by molar-refractivity contribution is 7.89. The van der Waals surface area contributed by atoms with E-state index in [4.69, 9.17) is 0 Å². The molecule has 1 aromatic carbocycles. The van der Waals surface area contributed by atoms with Gasteiger partial charge < -0.3 is 9.13 Å². The lowest BCUT2D eigenvalue weighted by Gasteiger charge is -2.16. The first-order chi connectivity index (χ1) is 13.4. The average Bonchev–Trinajstić information content (AvgIpc) is 3.33. The van der Waals surface area contributed by atoms with Crippen LogP contribution in [-0.2, 0) is 23.6 Å². The van der Waals surface area contributed by atoms with Gasteiger partial charge in [-0.25, -0.2) is 8.42 Å². The number of carbonyl (C=O) groups excluding carboxylic acids is 1. The van der Waals surface area contributed by atoms with E-state index in [0.29, 0.717) is 18.7 Å². The summed E-state index contributed by atoms with van der Waals surface area (Å²) in [5, 5.41) is 0.809.